The Morgan fingerprint density at radius 2 is 1.84 bits per heavy atom. The molecule has 0 aliphatic rings. The molecule has 5 heteroatoms. The minimum absolute atomic E-state index is 0.104. The number of unbranched alkanes of at least 4 members (excludes halogenated alkanes) is 1. The van der Waals surface area contributed by atoms with Crippen LogP contribution >= 0.6 is 0 Å². The first-order chi connectivity index (χ1) is 11.4. The molecule has 0 fully saturated rings. The highest BCUT2D eigenvalue weighted by Crippen LogP contribution is 2.33. The van der Waals surface area contributed by atoms with Crippen LogP contribution in [0.2, 0.25) is 19.6 Å². The lowest BCUT2D eigenvalue weighted by Gasteiger charge is -2.40. The lowest BCUT2D eigenvalue weighted by molar-refractivity contribution is -0.137. The van der Waals surface area contributed by atoms with E-state index in [2.05, 4.69) is 44.9 Å². The number of ketones is 1. The van der Waals surface area contributed by atoms with E-state index in [1.165, 1.54) is 18.7 Å². The maximum Gasteiger partial charge on any atom is 0.220 e. The second kappa shape index (κ2) is 9.85. The molecule has 4 nitrogen and oxygen atoms in total. The molecule has 0 bridgehead atoms. The topological polar surface area (TPSA) is 61.2 Å². The number of Topliss-reactive ketones (excluding diaryl/α,β-unsaturated/α-hetero) is 1. The number of amides is 1. The number of rotatable bonds is 11. The molecule has 0 saturated heterocycles. The Morgan fingerprint density at radius 1 is 1.28 bits per heavy atom. The van der Waals surface area contributed by atoms with E-state index in [1.54, 1.807) is 7.05 Å². The van der Waals surface area contributed by atoms with Gasteiger partial charge in [0.05, 0.1) is 8.07 Å². The molecule has 0 aromatic carbocycles. The number of nitrogens with zero attached hydrogens (tertiary/aromatic N) is 1. The van der Waals surface area contributed by atoms with Crippen LogP contribution in [0.25, 0.3) is 0 Å². The molecule has 1 unspecified atom stereocenters. The van der Waals surface area contributed by atoms with Crippen molar-refractivity contribution < 1.29 is 9.59 Å². The van der Waals surface area contributed by atoms with Crippen LogP contribution in [0.3, 0.4) is 0 Å². The Kier molecular flexibility index (Phi) is 9.26. The third kappa shape index (κ3) is 6.38. The zero-order valence-electron chi connectivity index (χ0n) is 17.1. The minimum Gasteiger partial charge on any atom is -0.325 e. The molecule has 142 valence electrons. The maximum atomic E-state index is 12.4. The van der Waals surface area contributed by atoms with E-state index < -0.39 is 13.6 Å². The summed E-state index contributed by atoms with van der Waals surface area (Å²) in [6.45, 7) is 16.0. The van der Waals surface area contributed by atoms with Gasteiger partial charge in [0.25, 0.3) is 0 Å². The molecule has 0 spiro atoms. The zero-order chi connectivity index (χ0) is 19.8. The van der Waals surface area contributed by atoms with Gasteiger partial charge in [-0.2, -0.15) is 0 Å². The SMILES string of the molecule is C=C([C@H](CC)CCC/C=C/[Si](C)(C)C)C(C=N)(C(C)=O)N(C)C(C)=O. The number of nitrogens with one attached hydrogen (secondary N) is 1. The largest absolute Gasteiger partial charge is 0.325 e. The number of allylic oxidation sites excluding steroid dienone is 1. The Hall–Kier alpha value is -1.49. The van der Waals surface area contributed by atoms with Crippen molar-refractivity contribution in [3.8, 4) is 0 Å². The van der Waals surface area contributed by atoms with Crippen molar-refractivity contribution in [1.82, 2.24) is 4.90 Å². The van der Waals surface area contributed by atoms with Gasteiger partial charge in [-0.15, -0.1) is 0 Å². The average molecular weight is 365 g/mol. The Balaban J connectivity index is 5.25. The van der Waals surface area contributed by atoms with Crippen LogP contribution in [0.5, 0.6) is 0 Å². The predicted molar refractivity (Wildman–Crippen MR) is 110 cm³/mol. The Labute approximate surface area is 154 Å². The van der Waals surface area contributed by atoms with Gasteiger partial charge in [0.15, 0.2) is 11.3 Å². The van der Waals surface area contributed by atoms with E-state index >= 15 is 0 Å². The molecular weight excluding hydrogens is 328 g/mol. The lowest BCUT2D eigenvalue weighted by Crippen LogP contribution is -2.57. The summed E-state index contributed by atoms with van der Waals surface area (Å²) in [6, 6.07) is 0. The van der Waals surface area contributed by atoms with Crippen molar-refractivity contribution in [3.05, 3.63) is 23.9 Å². The van der Waals surface area contributed by atoms with Gasteiger partial charge in [0, 0.05) is 20.2 Å². The first kappa shape index (κ1) is 23.5. The van der Waals surface area contributed by atoms with Crippen LogP contribution in [-0.2, 0) is 9.59 Å². The first-order valence-electron chi connectivity index (χ1n) is 9.08. The standard InChI is InChI=1S/C20H36N2O2Si/c1-9-19(13-11-10-12-14-25(6,7)8)16(2)20(15-21,17(3)23)22(5)18(4)24/h12,14-15,19,21H,2,9-11,13H2,1,3-8H3/b14-12+,21-15?/t19-,20?/m1/s1. The van der Waals surface area contributed by atoms with E-state index in [0.717, 1.165) is 31.9 Å². The molecule has 0 aromatic rings. The van der Waals surface area contributed by atoms with Gasteiger partial charge >= 0.3 is 0 Å². The van der Waals surface area contributed by atoms with Gasteiger partial charge in [-0.25, -0.2) is 0 Å². The van der Waals surface area contributed by atoms with E-state index in [-0.39, 0.29) is 17.6 Å². The van der Waals surface area contributed by atoms with E-state index in [4.69, 9.17) is 5.41 Å². The molecule has 0 aliphatic carbocycles. The van der Waals surface area contributed by atoms with Crippen LogP contribution < -0.4 is 0 Å². The molecule has 25 heavy (non-hydrogen) atoms. The highest BCUT2D eigenvalue weighted by atomic mass is 28.3. The smallest absolute Gasteiger partial charge is 0.220 e. The summed E-state index contributed by atoms with van der Waals surface area (Å²) in [5, 5.41) is 7.87. The molecule has 1 N–H and O–H groups in total. The van der Waals surface area contributed by atoms with Gasteiger partial charge in [0.2, 0.25) is 5.91 Å². The van der Waals surface area contributed by atoms with Crippen LogP contribution in [0, 0.1) is 11.3 Å². The van der Waals surface area contributed by atoms with E-state index in [0.29, 0.717) is 5.57 Å². The second-order valence-corrected chi connectivity index (χ2v) is 12.9. The van der Waals surface area contributed by atoms with Crippen molar-refractivity contribution in [2.24, 2.45) is 5.92 Å². The molecule has 0 aliphatic heterocycles. The Morgan fingerprint density at radius 3 is 2.20 bits per heavy atom. The molecule has 1 amide bonds. The third-order valence-electron chi connectivity index (χ3n) is 4.76. The summed E-state index contributed by atoms with van der Waals surface area (Å²) in [4.78, 5) is 25.6. The van der Waals surface area contributed by atoms with Crippen molar-refractivity contribution in [1.29, 1.82) is 5.41 Å². The van der Waals surface area contributed by atoms with E-state index in [1.807, 2.05) is 0 Å². The fraction of sp³-hybridized carbons (Fsp3) is 0.650. The molecule has 0 rings (SSSR count). The average Bonchev–Trinajstić information content (AvgIpc) is 2.50. The molecule has 0 aromatic heterocycles. The third-order valence-corrected chi connectivity index (χ3v) is 6.00. The molecule has 2 atom stereocenters. The summed E-state index contributed by atoms with van der Waals surface area (Å²) in [7, 11) is 0.413. The fourth-order valence-corrected chi connectivity index (χ4v) is 3.95. The first-order valence-corrected chi connectivity index (χ1v) is 12.7. The quantitative estimate of drug-likeness (QED) is 0.251. The van der Waals surface area contributed by atoms with Crippen molar-refractivity contribution in [3.63, 3.8) is 0 Å². The monoisotopic (exact) mass is 364 g/mol. The minimum atomic E-state index is -1.33. The van der Waals surface area contributed by atoms with Crippen LogP contribution in [-0.4, -0.2) is 43.5 Å². The van der Waals surface area contributed by atoms with Crippen molar-refractivity contribution >= 4 is 26.0 Å². The summed E-state index contributed by atoms with van der Waals surface area (Å²) < 4.78 is 0. The number of hydrogen-bond acceptors (Lipinski definition) is 3. The number of carbonyl (C=O) groups excluding carboxylic acids is 2. The normalized spacial score (nSPS) is 15.5. The lowest BCUT2D eigenvalue weighted by atomic mass is 9.76. The molecular formula is C20H36N2O2Si. The van der Waals surface area contributed by atoms with Crippen LogP contribution in [0.1, 0.15) is 46.5 Å². The van der Waals surface area contributed by atoms with Gasteiger partial charge < -0.3 is 10.3 Å². The number of hydrogen-bond donors (Lipinski definition) is 1. The van der Waals surface area contributed by atoms with Gasteiger partial charge in [-0.3, -0.25) is 9.59 Å². The highest BCUT2D eigenvalue weighted by molar-refractivity contribution is 6.80. The highest BCUT2D eigenvalue weighted by Gasteiger charge is 2.44. The molecule has 0 heterocycles. The summed E-state index contributed by atoms with van der Waals surface area (Å²) >= 11 is 0. The van der Waals surface area contributed by atoms with Crippen LogP contribution in [0.4, 0.5) is 0 Å². The second-order valence-electron chi connectivity index (χ2n) is 7.87. The predicted octanol–water partition coefficient (Wildman–Crippen LogP) is 4.63. The number of likely N-dealkylation sites (N-methyl/N-ethyl adjacent to an activating group) is 1. The molecule has 0 saturated carbocycles. The van der Waals surface area contributed by atoms with Gasteiger partial charge in [-0.1, -0.05) is 44.9 Å². The summed E-state index contributed by atoms with van der Waals surface area (Å²) in [6.07, 6.45) is 7.10. The zero-order valence-corrected chi connectivity index (χ0v) is 18.1. The van der Waals surface area contributed by atoms with Crippen molar-refractivity contribution in [2.45, 2.75) is 71.6 Å². The van der Waals surface area contributed by atoms with Crippen molar-refractivity contribution in [2.75, 3.05) is 7.05 Å². The number of carbonyl (C=O) groups is 2. The summed E-state index contributed by atoms with van der Waals surface area (Å²) in [5.74, 6) is -0.373. The van der Waals surface area contributed by atoms with Crippen LogP contribution in [0.15, 0.2) is 23.9 Å². The Bertz CT molecular complexity index is 534. The van der Waals surface area contributed by atoms with Gasteiger partial charge in [0.1, 0.15) is 0 Å². The maximum absolute atomic E-state index is 12.4. The van der Waals surface area contributed by atoms with Gasteiger partial charge in [-0.05, 0) is 44.1 Å². The fourth-order valence-electron chi connectivity index (χ4n) is 3.07. The molecule has 0 radical (unpaired) electrons. The summed E-state index contributed by atoms with van der Waals surface area (Å²) in [5.41, 5.74) is 1.68. The van der Waals surface area contributed by atoms with E-state index in [9.17, 15) is 9.59 Å².